The summed E-state index contributed by atoms with van der Waals surface area (Å²) in [5, 5.41) is 0. The van der Waals surface area contributed by atoms with E-state index in [0.29, 0.717) is 18.1 Å². The highest BCUT2D eigenvalue weighted by Crippen LogP contribution is 2.05. The lowest BCUT2D eigenvalue weighted by molar-refractivity contribution is -0.132. The molecule has 0 bridgehead atoms. The fraction of sp³-hybridized carbons (Fsp3) is 0.214. The molecule has 88 valence electrons. The van der Waals surface area contributed by atoms with Gasteiger partial charge in [-0.1, -0.05) is 30.7 Å². The molecule has 0 amide bonds. The molecule has 1 rings (SSSR count). The highest BCUT2D eigenvalue weighted by molar-refractivity contribution is 6.17. The first-order valence-corrected chi connectivity index (χ1v) is 5.78. The first-order chi connectivity index (χ1) is 8.22. The van der Waals surface area contributed by atoms with Crippen LogP contribution in [0.3, 0.4) is 0 Å². The van der Waals surface area contributed by atoms with Crippen molar-refractivity contribution in [1.29, 1.82) is 0 Å². The Bertz CT molecular complexity index is 440. The Morgan fingerprint density at radius 2 is 2.06 bits per heavy atom. The summed E-state index contributed by atoms with van der Waals surface area (Å²) < 4.78 is 4.91. The Hall–Kier alpha value is -1.72. The topological polar surface area (TPSA) is 26.3 Å². The van der Waals surface area contributed by atoms with Gasteiger partial charge in [-0.05, 0) is 18.6 Å². The smallest absolute Gasteiger partial charge is 0.389 e. The molecule has 0 N–H and O–H groups in total. The molecule has 3 heteroatoms. The van der Waals surface area contributed by atoms with Crippen molar-refractivity contribution in [2.24, 2.45) is 0 Å². The third kappa shape index (κ3) is 5.79. The third-order valence-electron chi connectivity index (χ3n) is 1.91. The molecule has 0 fully saturated rings. The fourth-order valence-electron chi connectivity index (χ4n) is 1.12. The second-order valence-corrected chi connectivity index (χ2v) is 3.71. The maximum absolute atomic E-state index is 11.3. The molecule has 0 unspecified atom stereocenters. The second kappa shape index (κ2) is 7.54. The van der Waals surface area contributed by atoms with Gasteiger partial charge < -0.3 is 4.74 Å². The molecule has 0 heterocycles. The number of benzene rings is 1. The van der Waals surface area contributed by atoms with Gasteiger partial charge in [-0.2, -0.15) is 0 Å². The van der Waals surface area contributed by atoms with Gasteiger partial charge in [0.2, 0.25) is 0 Å². The van der Waals surface area contributed by atoms with Crippen LogP contribution in [0.25, 0.3) is 0 Å². The van der Waals surface area contributed by atoms with Crippen molar-refractivity contribution in [2.45, 2.75) is 12.8 Å². The summed E-state index contributed by atoms with van der Waals surface area (Å²) in [7, 11) is 0. The Balaban J connectivity index is 2.45. The lowest BCUT2D eigenvalue weighted by atomic mass is 10.2. The number of carbonyl (C=O) groups excluding carboxylic acids is 1. The quantitative estimate of drug-likeness (QED) is 0.354. The first-order valence-electron chi connectivity index (χ1n) is 5.25. The number of alkyl halides is 1. The van der Waals surface area contributed by atoms with Gasteiger partial charge in [0.1, 0.15) is 5.76 Å². The number of halogens is 1. The summed E-state index contributed by atoms with van der Waals surface area (Å²) in [4.78, 5) is 11.3. The highest BCUT2D eigenvalue weighted by atomic mass is 35.5. The van der Waals surface area contributed by atoms with Crippen LogP contribution in [-0.2, 0) is 9.53 Å². The Labute approximate surface area is 106 Å². The summed E-state index contributed by atoms with van der Waals surface area (Å²) >= 11 is 5.51. The largest absolute Gasteiger partial charge is 0.422 e. The predicted molar refractivity (Wildman–Crippen MR) is 68.5 cm³/mol. The number of esters is 1. The third-order valence-corrected chi connectivity index (χ3v) is 2.18. The minimum atomic E-state index is -0.589. The molecule has 0 atom stereocenters. The maximum Gasteiger partial charge on any atom is 0.389 e. The molecule has 1 aromatic rings. The van der Waals surface area contributed by atoms with Gasteiger partial charge in [0, 0.05) is 23.8 Å². The number of ether oxygens (including phenoxy) is 1. The fourth-order valence-corrected chi connectivity index (χ4v) is 1.25. The zero-order valence-corrected chi connectivity index (χ0v) is 10.2. The molecule has 17 heavy (non-hydrogen) atoms. The van der Waals surface area contributed by atoms with Gasteiger partial charge in [0.05, 0.1) is 0 Å². The molecular weight excluding hydrogens is 236 g/mol. The van der Waals surface area contributed by atoms with Gasteiger partial charge >= 0.3 is 5.97 Å². The molecule has 0 spiro atoms. The van der Waals surface area contributed by atoms with Gasteiger partial charge in [0.15, 0.2) is 0 Å². The number of hydrogen-bond acceptors (Lipinski definition) is 2. The number of hydrogen-bond donors (Lipinski definition) is 0. The highest BCUT2D eigenvalue weighted by Gasteiger charge is 2.01. The van der Waals surface area contributed by atoms with Crippen molar-refractivity contribution in [3.8, 4) is 11.8 Å². The van der Waals surface area contributed by atoms with Crippen molar-refractivity contribution in [3.63, 3.8) is 0 Å². The molecule has 0 aromatic heterocycles. The zero-order valence-electron chi connectivity index (χ0n) is 9.41. The summed E-state index contributed by atoms with van der Waals surface area (Å²) in [5.74, 6) is 5.45. The molecule has 0 aliphatic rings. The van der Waals surface area contributed by atoms with Crippen LogP contribution in [0, 0.1) is 11.8 Å². The standard InChI is InChI=1S/C14H13ClO2/c1-12(6-5-11-15)17-14(16)10-9-13-7-3-2-4-8-13/h2-4,7-8H,1,5-6,11H2. The molecule has 0 saturated heterocycles. The SMILES string of the molecule is C=C(CCCCl)OC(=O)C#Cc1ccccc1. The van der Waals surface area contributed by atoms with E-state index in [2.05, 4.69) is 18.4 Å². The summed E-state index contributed by atoms with van der Waals surface area (Å²) in [6.45, 7) is 3.62. The van der Waals surface area contributed by atoms with Gasteiger partial charge in [-0.3, -0.25) is 0 Å². The van der Waals surface area contributed by atoms with Crippen molar-refractivity contribution < 1.29 is 9.53 Å². The minimum Gasteiger partial charge on any atom is -0.422 e. The van der Waals surface area contributed by atoms with Crippen LogP contribution in [0.1, 0.15) is 18.4 Å². The lowest BCUT2D eigenvalue weighted by Crippen LogP contribution is -2.00. The van der Waals surface area contributed by atoms with E-state index in [4.69, 9.17) is 16.3 Å². The molecular formula is C14H13ClO2. The molecule has 0 radical (unpaired) electrons. The van der Waals surface area contributed by atoms with E-state index >= 15 is 0 Å². The number of rotatable bonds is 4. The van der Waals surface area contributed by atoms with Crippen LogP contribution in [-0.4, -0.2) is 11.8 Å². The van der Waals surface area contributed by atoms with E-state index in [1.165, 1.54) is 0 Å². The number of carbonyl (C=O) groups is 1. The second-order valence-electron chi connectivity index (χ2n) is 3.34. The van der Waals surface area contributed by atoms with E-state index in [1.54, 1.807) is 0 Å². The van der Waals surface area contributed by atoms with E-state index in [1.807, 2.05) is 30.3 Å². The Kier molecular flexibility index (Phi) is 5.92. The van der Waals surface area contributed by atoms with E-state index in [0.717, 1.165) is 12.0 Å². The molecule has 0 saturated carbocycles. The normalized spacial score (nSPS) is 9.00. The van der Waals surface area contributed by atoms with Crippen LogP contribution in [0.15, 0.2) is 42.7 Å². The average molecular weight is 249 g/mol. The Morgan fingerprint density at radius 1 is 1.35 bits per heavy atom. The predicted octanol–water partition coefficient (Wildman–Crippen LogP) is 3.11. The average Bonchev–Trinajstić information content (AvgIpc) is 2.35. The van der Waals surface area contributed by atoms with E-state index in [9.17, 15) is 4.79 Å². The molecule has 2 nitrogen and oxygen atoms in total. The first kappa shape index (κ1) is 13.3. The molecule has 1 aromatic carbocycles. The minimum absolute atomic E-state index is 0.401. The summed E-state index contributed by atoms with van der Waals surface area (Å²) in [5.41, 5.74) is 0.774. The van der Waals surface area contributed by atoms with E-state index in [-0.39, 0.29) is 0 Å². The van der Waals surface area contributed by atoms with Crippen molar-refractivity contribution in [2.75, 3.05) is 5.88 Å². The van der Waals surface area contributed by atoms with Crippen LogP contribution in [0.4, 0.5) is 0 Å². The zero-order chi connectivity index (χ0) is 12.5. The molecule has 0 aliphatic carbocycles. The van der Waals surface area contributed by atoms with Crippen molar-refractivity contribution >= 4 is 17.6 Å². The van der Waals surface area contributed by atoms with Crippen LogP contribution in [0.2, 0.25) is 0 Å². The monoisotopic (exact) mass is 248 g/mol. The van der Waals surface area contributed by atoms with Gasteiger partial charge in [-0.25, -0.2) is 4.79 Å². The van der Waals surface area contributed by atoms with Crippen LogP contribution in [0.5, 0.6) is 0 Å². The lowest BCUT2D eigenvalue weighted by Gasteiger charge is -2.01. The van der Waals surface area contributed by atoms with Crippen molar-refractivity contribution in [3.05, 3.63) is 48.2 Å². The molecule has 0 aliphatic heterocycles. The van der Waals surface area contributed by atoms with E-state index < -0.39 is 5.97 Å². The van der Waals surface area contributed by atoms with Crippen LogP contribution >= 0.6 is 11.6 Å². The van der Waals surface area contributed by atoms with Crippen molar-refractivity contribution in [1.82, 2.24) is 0 Å². The Morgan fingerprint density at radius 3 is 2.71 bits per heavy atom. The maximum atomic E-state index is 11.3. The van der Waals surface area contributed by atoms with Crippen LogP contribution < -0.4 is 0 Å². The van der Waals surface area contributed by atoms with Gasteiger partial charge in [0.25, 0.3) is 0 Å². The number of allylic oxidation sites excluding steroid dienone is 1. The van der Waals surface area contributed by atoms with Gasteiger partial charge in [-0.15, -0.1) is 11.6 Å². The summed E-state index contributed by atoms with van der Waals surface area (Å²) in [6.07, 6.45) is 1.31. The summed E-state index contributed by atoms with van der Waals surface area (Å²) in [6, 6.07) is 9.24.